The lowest BCUT2D eigenvalue weighted by molar-refractivity contribution is -0.645. The number of nitrogens with one attached hydrogen (secondary N) is 1. The van der Waals surface area contributed by atoms with Crippen LogP contribution >= 0.6 is 11.8 Å². The van der Waals surface area contributed by atoms with Crippen molar-refractivity contribution in [3.63, 3.8) is 0 Å². The number of hydrogen-bond acceptors (Lipinski definition) is 3. The predicted octanol–water partition coefficient (Wildman–Crippen LogP) is 2.58. The first kappa shape index (κ1) is 14.3. The topological polar surface area (TPSA) is 56.0 Å². The summed E-state index contributed by atoms with van der Waals surface area (Å²) in [5.41, 5.74) is 0.520. The number of aromatic nitrogens is 1. The van der Waals surface area contributed by atoms with Gasteiger partial charge in [-0.15, -0.1) is 0 Å². The van der Waals surface area contributed by atoms with Gasteiger partial charge in [0.15, 0.2) is 6.20 Å². The van der Waals surface area contributed by atoms with E-state index in [0.29, 0.717) is 15.4 Å². The quantitative estimate of drug-likeness (QED) is 0.535. The molecule has 6 heteroatoms. The van der Waals surface area contributed by atoms with E-state index in [1.807, 2.05) is 0 Å². The van der Waals surface area contributed by atoms with Gasteiger partial charge < -0.3 is 10.5 Å². The molecule has 0 saturated heterocycles. The molecule has 4 nitrogen and oxygen atoms in total. The third kappa shape index (κ3) is 3.71. The normalized spacial score (nSPS) is 11.9. The van der Waals surface area contributed by atoms with E-state index in [4.69, 9.17) is 0 Å². The summed E-state index contributed by atoms with van der Waals surface area (Å²) >= 11 is 1.17. The summed E-state index contributed by atoms with van der Waals surface area (Å²) in [5, 5.41) is 14.2. The molecule has 1 aromatic heterocycles. The molecule has 104 valence electrons. The van der Waals surface area contributed by atoms with Gasteiger partial charge in [0, 0.05) is 17.8 Å². The summed E-state index contributed by atoms with van der Waals surface area (Å²) in [6, 6.07) is 10.5. The van der Waals surface area contributed by atoms with E-state index in [1.54, 1.807) is 25.1 Å². The molecule has 20 heavy (non-hydrogen) atoms. The van der Waals surface area contributed by atoms with Crippen molar-refractivity contribution < 1.29 is 13.9 Å². The molecule has 1 N–H and O–H groups in total. The Bertz CT molecular complexity index is 604. The zero-order valence-corrected chi connectivity index (χ0v) is 11.6. The van der Waals surface area contributed by atoms with Gasteiger partial charge in [-0.2, -0.15) is 4.73 Å². The second-order valence-electron chi connectivity index (χ2n) is 4.12. The number of nitrogens with zero attached hydrogens (tertiary/aromatic N) is 1. The maximum Gasteiger partial charge on any atom is 0.252 e. The van der Waals surface area contributed by atoms with E-state index in [-0.39, 0.29) is 11.7 Å². The smallest absolute Gasteiger partial charge is 0.252 e. The second kappa shape index (κ2) is 6.38. The highest BCUT2D eigenvalue weighted by Gasteiger charge is 2.18. The second-order valence-corrected chi connectivity index (χ2v) is 5.48. The average Bonchev–Trinajstić information content (AvgIpc) is 2.44. The van der Waals surface area contributed by atoms with Crippen molar-refractivity contribution >= 4 is 23.4 Å². The van der Waals surface area contributed by atoms with Gasteiger partial charge in [0.25, 0.3) is 5.03 Å². The highest BCUT2D eigenvalue weighted by molar-refractivity contribution is 8.00. The largest absolute Gasteiger partial charge is 0.618 e. The molecule has 0 spiro atoms. The predicted molar refractivity (Wildman–Crippen MR) is 75.8 cm³/mol. The molecule has 2 rings (SSSR count). The maximum atomic E-state index is 12.8. The standard InChI is InChI=1S/C14H13FN2O2S/c1-10(20-13-4-2-3-9-17(13)19)14(18)16-12-7-5-11(15)6-8-12/h2-10H,1H3,(H,16,18)/t10-/m0/s1. The monoisotopic (exact) mass is 292 g/mol. The highest BCUT2D eigenvalue weighted by Crippen LogP contribution is 2.20. The molecule has 1 amide bonds. The average molecular weight is 292 g/mol. The van der Waals surface area contributed by atoms with E-state index >= 15 is 0 Å². The first-order valence-corrected chi connectivity index (χ1v) is 6.85. The third-order valence-corrected chi connectivity index (χ3v) is 3.69. The highest BCUT2D eigenvalue weighted by atomic mass is 32.2. The van der Waals surface area contributed by atoms with E-state index in [0.717, 1.165) is 0 Å². The molecule has 0 radical (unpaired) electrons. The van der Waals surface area contributed by atoms with Gasteiger partial charge in [-0.3, -0.25) is 4.79 Å². The Labute approximate surface area is 120 Å². The van der Waals surface area contributed by atoms with Gasteiger partial charge in [0.2, 0.25) is 5.91 Å². The number of thioether (sulfide) groups is 1. The Balaban J connectivity index is 1.99. The van der Waals surface area contributed by atoms with Crippen LogP contribution in [0.3, 0.4) is 0 Å². The van der Waals surface area contributed by atoms with Crippen molar-refractivity contribution in [2.24, 2.45) is 0 Å². The minimum atomic E-state index is -0.442. The Morgan fingerprint density at radius 3 is 2.65 bits per heavy atom. The molecular formula is C14H13FN2O2S. The summed E-state index contributed by atoms with van der Waals surface area (Å²) in [4.78, 5) is 12.0. The Morgan fingerprint density at radius 2 is 2.00 bits per heavy atom. The summed E-state index contributed by atoms with van der Waals surface area (Å²) in [7, 11) is 0. The summed E-state index contributed by atoms with van der Waals surface area (Å²) in [6.07, 6.45) is 1.38. The molecule has 1 heterocycles. The van der Waals surface area contributed by atoms with Crippen LogP contribution in [0.4, 0.5) is 10.1 Å². The zero-order valence-electron chi connectivity index (χ0n) is 10.7. The summed E-state index contributed by atoms with van der Waals surface area (Å²) in [5.74, 6) is -0.604. The van der Waals surface area contributed by atoms with Crippen LogP contribution in [0, 0.1) is 11.0 Å². The Morgan fingerprint density at radius 1 is 1.30 bits per heavy atom. The molecule has 0 unspecified atom stereocenters. The van der Waals surface area contributed by atoms with Gasteiger partial charge in [0.1, 0.15) is 5.82 Å². The van der Waals surface area contributed by atoms with E-state index in [1.165, 1.54) is 42.2 Å². The molecule has 2 aromatic rings. The molecule has 0 fully saturated rings. The summed E-state index contributed by atoms with van der Waals surface area (Å²) in [6.45, 7) is 1.70. The molecular weight excluding hydrogens is 279 g/mol. The van der Waals surface area contributed by atoms with E-state index in [2.05, 4.69) is 5.32 Å². The number of rotatable bonds is 4. The SMILES string of the molecule is C[C@H](Sc1cccc[n+]1[O-])C(=O)Nc1ccc(F)cc1. The van der Waals surface area contributed by atoms with Crippen LogP contribution in [-0.4, -0.2) is 11.2 Å². The van der Waals surface area contributed by atoms with Gasteiger partial charge in [-0.1, -0.05) is 0 Å². The number of halogens is 1. The number of amides is 1. The third-order valence-electron chi connectivity index (χ3n) is 2.57. The molecule has 0 aliphatic carbocycles. The lowest BCUT2D eigenvalue weighted by Crippen LogP contribution is -2.30. The fraction of sp³-hybridized carbons (Fsp3) is 0.143. The summed E-state index contributed by atoms with van der Waals surface area (Å²) < 4.78 is 13.5. The van der Waals surface area contributed by atoms with Crippen molar-refractivity contribution in [1.29, 1.82) is 0 Å². The van der Waals surface area contributed by atoms with Gasteiger partial charge in [-0.05, 0) is 49.0 Å². The molecule has 0 aliphatic heterocycles. The molecule has 1 atom stereocenters. The molecule has 0 bridgehead atoms. The van der Waals surface area contributed by atoms with Crippen LogP contribution in [0.2, 0.25) is 0 Å². The van der Waals surface area contributed by atoms with Crippen molar-refractivity contribution in [2.45, 2.75) is 17.2 Å². The minimum Gasteiger partial charge on any atom is -0.618 e. The number of benzene rings is 1. The van der Waals surface area contributed by atoms with E-state index in [9.17, 15) is 14.4 Å². The minimum absolute atomic E-state index is 0.245. The van der Waals surface area contributed by atoms with Crippen LogP contribution in [-0.2, 0) is 4.79 Å². The van der Waals surface area contributed by atoms with Crippen LogP contribution < -0.4 is 10.0 Å². The van der Waals surface area contributed by atoms with Gasteiger partial charge >= 0.3 is 0 Å². The lowest BCUT2D eigenvalue weighted by atomic mass is 10.3. The maximum absolute atomic E-state index is 12.8. The number of hydrogen-bond donors (Lipinski definition) is 1. The van der Waals surface area contributed by atoms with Crippen molar-refractivity contribution in [1.82, 2.24) is 0 Å². The van der Waals surface area contributed by atoms with Crippen molar-refractivity contribution in [3.8, 4) is 0 Å². The van der Waals surface area contributed by atoms with Crippen molar-refractivity contribution in [2.75, 3.05) is 5.32 Å². The fourth-order valence-corrected chi connectivity index (χ4v) is 2.37. The van der Waals surface area contributed by atoms with Crippen LogP contribution in [0.1, 0.15) is 6.92 Å². The van der Waals surface area contributed by atoms with Gasteiger partial charge in [0.05, 0.1) is 5.25 Å². The fourth-order valence-electron chi connectivity index (χ4n) is 1.52. The molecule has 0 saturated carbocycles. The van der Waals surface area contributed by atoms with Crippen LogP contribution in [0.25, 0.3) is 0 Å². The molecule has 1 aromatic carbocycles. The number of pyridine rings is 1. The van der Waals surface area contributed by atoms with Crippen molar-refractivity contribution in [3.05, 3.63) is 59.7 Å². The Kier molecular flexibility index (Phi) is 4.57. The first-order chi connectivity index (χ1) is 9.56. The number of carbonyl (C=O) groups is 1. The number of carbonyl (C=O) groups excluding carboxylic acids is 1. The van der Waals surface area contributed by atoms with E-state index < -0.39 is 5.25 Å². The van der Waals surface area contributed by atoms with Gasteiger partial charge in [-0.25, -0.2) is 4.39 Å². The first-order valence-electron chi connectivity index (χ1n) is 5.97. The Hall–Kier alpha value is -2.08. The molecule has 0 aliphatic rings. The zero-order chi connectivity index (χ0) is 14.5. The van der Waals surface area contributed by atoms with Crippen LogP contribution in [0.5, 0.6) is 0 Å². The number of anilines is 1. The lowest BCUT2D eigenvalue weighted by Gasteiger charge is -2.11. The van der Waals surface area contributed by atoms with Crippen LogP contribution in [0.15, 0.2) is 53.7 Å².